The lowest BCUT2D eigenvalue weighted by Crippen LogP contribution is -2.31. The SMILES string of the molecule is COc1cccc(NC(=O)CSC2=C(C#N)C(c3ccco3)C(C(=O)Nc3ccc(F)cc3)=C(C)N2)c1. The predicted octanol–water partition coefficient (Wildman–Crippen LogP) is 5.13. The number of allylic oxidation sites excluding steroid dienone is 2. The lowest BCUT2D eigenvalue weighted by Gasteiger charge is -2.28. The molecule has 0 saturated heterocycles. The van der Waals surface area contributed by atoms with Crippen molar-refractivity contribution in [3.8, 4) is 11.8 Å². The van der Waals surface area contributed by atoms with Gasteiger partial charge in [-0.3, -0.25) is 9.59 Å². The minimum Gasteiger partial charge on any atom is -0.497 e. The number of carbonyl (C=O) groups excluding carboxylic acids is 2. The Labute approximate surface area is 217 Å². The highest BCUT2D eigenvalue weighted by molar-refractivity contribution is 8.03. The zero-order chi connectivity index (χ0) is 26.4. The van der Waals surface area contributed by atoms with E-state index in [0.29, 0.717) is 33.6 Å². The molecule has 1 aliphatic heterocycles. The summed E-state index contributed by atoms with van der Waals surface area (Å²) in [5.41, 5.74) is 2.00. The number of amides is 2. The number of dihydropyridines is 1. The molecule has 3 N–H and O–H groups in total. The van der Waals surface area contributed by atoms with E-state index < -0.39 is 17.6 Å². The molecule has 0 bridgehead atoms. The predicted molar refractivity (Wildman–Crippen MR) is 139 cm³/mol. The number of hydrogen-bond acceptors (Lipinski definition) is 7. The molecule has 0 aliphatic carbocycles. The van der Waals surface area contributed by atoms with Crippen molar-refractivity contribution in [3.05, 3.63) is 100 Å². The summed E-state index contributed by atoms with van der Waals surface area (Å²) < 4.78 is 24.1. The Balaban J connectivity index is 1.56. The van der Waals surface area contributed by atoms with Gasteiger partial charge in [-0.15, -0.1) is 0 Å². The van der Waals surface area contributed by atoms with Crippen LogP contribution in [-0.4, -0.2) is 24.7 Å². The van der Waals surface area contributed by atoms with Crippen LogP contribution in [0.2, 0.25) is 0 Å². The number of thioether (sulfide) groups is 1. The van der Waals surface area contributed by atoms with Crippen LogP contribution < -0.4 is 20.7 Å². The Morgan fingerprint density at radius 2 is 1.92 bits per heavy atom. The van der Waals surface area contributed by atoms with Crippen molar-refractivity contribution in [1.29, 1.82) is 5.26 Å². The summed E-state index contributed by atoms with van der Waals surface area (Å²) >= 11 is 1.14. The Bertz CT molecular complexity index is 1410. The van der Waals surface area contributed by atoms with Gasteiger partial charge in [-0.1, -0.05) is 17.8 Å². The number of nitrogens with zero attached hydrogens (tertiary/aromatic N) is 1. The third kappa shape index (κ3) is 6.02. The topological polar surface area (TPSA) is 116 Å². The van der Waals surface area contributed by atoms with Crippen molar-refractivity contribution in [1.82, 2.24) is 5.32 Å². The number of methoxy groups -OCH3 is 1. The molecular weight excluding hydrogens is 495 g/mol. The van der Waals surface area contributed by atoms with Gasteiger partial charge in [0.1, 0.15) is 17.3 Å². The number of nitriles is 1. The highest BCUT2D eigenvalue weighted by atomic mass is 32.2. The van der Waals surface area contributed by atoms with E-state index in [4.69, 9.17) is 9.15 Å². The second-order valence-electron chi connectivity index (χ2n) is 8.00. The van der Waals surface area contributed by atoms with E-state index >= 15 is 0 Å². The molecule has 3 aromatic rings. The van der Waals surface area contributed by atoms with E-state index in [2.05, 4.69) is 22.0 Å². The van der Waals surface area contributed by atoms with Crippen molar-refractivity contribution < 1.29 is 23.1 Å². The molecule has 1 aliphatic rings. The standard InChI is InChI=1S/C27H23FN4O4S/c1-16-24(26(34)32-18-10-8-17(28)9-11-18)25(22-7-4-12-36-22)21(14-29)27(30-16)37-15-23(33)31-19-5-3-6-20(13-19)35-2/h3-13,25,30H,15H2,1-2H3,(H,31,33)(H,32,34). The normalized spacial score (nSPS) is 15.0. The molecule has 1 atom stereocenters. The molecular formula is C27H23FN4O4S. The first kappa shape index (κ1) is 25.6. The molecule has 2 aromatic carbocycles. The summed E-state index contributed by atoms with van der Waals surface area (Å²) in [7, 11) is 1.54. The fourth-order valence-corrected chi connectivity index (χ4v) is 4.73. The van der Waals surface area contributed by atoms with Crippen LogP contribution in [-0.2, 0) is 9.59 Å². The Morgan fingerprint density at radius 3 is 2.59 bits per heavy atom. The highest BCUT2D eigenvalue weighted by Gasteiger charge is 2.36. The number of carbonyl (C=O) groups is 2. The van der Waals surface area contributed by atoms with Crippen LogP contribution in [0.4, 0.5) is 15.8 Å². The van der Waals surface area contributed by atoms with Gasteiger partial charge in [0.05, 0.1) is 47.3 Å². The van der Waals surface area contributed by atoms with E-state index in [1.165, 1.54) is 30.5 Å². The highest BCUT2D eigenvalue weighted by Crippen LogP contribution is 2.41. The van der Waals surface area contributed by atoms with E-state index in [0.717, 1.165) is 11.8 Å². The molecule has 0 spiro atoms. The largest absolute Gasteiger partial charge is 0.497 e. The van der Waals surface area contributed by atoms with Crippen molar-refractivity contribution >= 4 is 35.0 Å². The molecule has 0 saturated carbocycles. The fourth-order valence-electron chi connectivity index (χ4n) is 3.83. The van der Waals surface area contributed by atoms with Gasteiger partial charge in [-0.05, 0) is 55.5 Å². The number of furan rings is 1. The number of benzene rings is 2. The van der Waals surface area contributed by atoms with Crippen molar-refractivity contribution in [2.75, 3.05) is 23.5 Å². The van der Waals surface area contributed by atoms with Crippen LogP contribution in [0.15, 0.2) is 93.2 Å². The van der Waals surface area contributed by atoms with Crippen LogP contribution in [0.5, 0.6) is 5.75 Å². The quantitative estimate of drug-likeness (QED) is 0.378. The molecule has 188 valence electrons. The van der Waals surface area contributed by atoms with Crippen LogP contribution in [0.3, 0.4) is 0 Å². The third-order valence-corrected chi connectivity index (χ3v) is 6.54. The summed E-state index contributed by atoms with van der Waals surface area (Å²) in [6.07, 6.45) is 1.46. The average Bonchev–Trinajstić information content (AvgIpc) is 3.43. The lowest BCUT2D eigenvalue weighted by atomic mass is 9.85. The van der Waals surface area contributed by atoms with Crippen LogP contribution >= 0.6 is 11.8 Å². The molecule has 37 heavy (non-hydrogen) atoms. The summed E-state index contributed by atoms with van der Waals surface area (Å²) in [5, 5.41) is 19.2. The smallest absolute Gasteiger partial charge is 0.254 e. The first-order valence-corrected chi connectivity index (χ1v) is 12.2. The van der Waals surface area contributed by atoms with Gasteiger partial charge in [0.2, 0.25) is 5.91 Å². The summed E-state index contributed by atoms with van der Waals surface area (Å²) in [5.74, 6) is -0.937. The molecule has 0 fully saturated rings. The van der Waals surface area contributed by atoms with Crippen LogP contribution in [0.25, 0.3) is 0 Å². The molecule has 2 heterocycles. The fraction of sp³-hybridized carbons (Fsp3) is 0.148. The number of halogens is 1. The van der Waals surface area contributed by atoms with E-state index in [9.17, 15) is 19.2 Å². The number of anilines is 2. The first-order chi connectivity index (χ1) is 17.9. The molecule has 10 heteroatoms. The number of rotatable bonds is 8. The van der Waals surface area contributed by atoms with Gasteiger partial charge in [-0.2, -0.15) is 5.26 Å². The molecule has 8 nitrogen and oxygen atoms in total. The monoisotopic (exact) mass is 518 g/mol. The van der Waals surface area contributed by atoms with E-state index in [1.807, 2.05) is 0 Å². The molecule has 4 rings (SSSR count). The minimum atomic E-state index is -0.800. The molecule has 2 amide bonds. The minimum absolute atomic E-state index is 0.0139. The lowest BCUT2D eigenvalue weighted by molar-refractivity contribution is -0.114. The maximum absolute atomic E-state index is 13.3. The van der Waals surface area contributed by atoms with Crippen LogP contribution in [0.1, 0.15) is 18.6 Å². The summed E-state index contributed by atoms with van der Waals surface area (Å²) in [6.45, 7) is 1.71. The van der Waals surface area contributed by atoms with Crippen molar-refractivity contribution in [2.45, 2.75) is 12.8 Å². The van der Waals surface area contributed by atoms with Crippen LogP contribution in [0, 0.1) is 17.1 Å². The number of nitrogens with one attached hydrogen (secondary N) is 3. The number of ether oxygens (including phenoxy) is 1. The Kier molecular flexibility index (Phi) is 7.95. The van der Waals surface area contributed by atoms with E-state index in [-0.39, 0.29) is 22.8 Å². The zero-order valence-corrected chi connectivity index (χ0v) is 20.8. The van der Waals surface area contributed by atoms with Gasteiger partial charge in [0.25, 0.3) is 5.91 Å². The zero-order valence-electron chi connectivity index (χ0n) is 20.0. The average molecular weight is 519 g/mol. The third-order valence-electron chi connectivity index (χ3n) is 5.52. The second-order valence-corrected chi connectivity index (χ2v) is 8.98. The van der Waals surface area contributed by atoms with E-state index in [1.54, 1.807) is 50.4 Å². The van der Waals surface area contributed by atoms with Gasteiger partial charge < -0.3 is 25.1 Å². The van der Waals surface area contributed by atoms with Crippen molar-refractivity contribution in [2.24, 2.45) is 0 Å². The summed E-state index contributed by atoms with van der Waals surface area (Å²) in [4.78, 5) is 25.9. The summed E-state index contributed by atoms with van der Waals surface area (Å²) in [6, 6.07) is 17.9. The molecule has 1 aromatic heterocycles. The molecule has 0 radical (unpaired) electrons. The first-order valence-electron chi connectivity index (χ1n) is 11.2. The Morgan fingerprint density at radius 1 is 1.14 bits per heavy atom. The van der Waals surface area contributed by atoms with Gasteiger partial charge in [0, 0.05) is 23.1 Å². The number of hydrogen-bond donors (Lipinski definition) is 3. The maximum atomic E-state index is 13.3. The van der Waals surface area contributed by atoms with Crippen molar-refractivity contribution in [3.63, 3.8) is 0 Å². The van der Waals surface area contributed by atoms with Gasteiger partial charge >= 0.3 is 0 Å². The second kappa shape index (κ2) is 11.5. The molecule has 1 unspecified atom stereocenters. The maximum Gasteiger partial charge on any atom is 0.254 e. The van der Waals surface area contributed by atoms with Gasteiger partial charge in [-0.25, -0.2) is 4.39 Å². The van der Waals surface area contributed by atoms with Gasteiger partial charge in [0.15, 0.2) is 0 Å². The Hall–Kier alpha value is -4.49.